The summed E-state index contributed by atoms with van der Waals surface area (Å²) in [6.45, 7) is 1.86. The van der Waals surface area contributed by atoms with Gasteiger partial charge >= 0.3 is 5.82 Å². The van der Waals surface area contributed by atoms with Crippen molar-refractivity contribution in [3.63, 3.8) is 0 Å². The first kappa shape index (κ1) is 14.5. The number of pyridine rings is 1. The number of nitrogens with one attached hydrogen (secondary N) is 2. The number of hydrazone groups is 1. The van der Waals surface area contributed by atoms with Crippen LogP contribution in [0.1, 0.15) is 11.3 Å². The van der Waals surface area contributed by atoms with Gasteiger partial charge in [0.05, 0.1) is 17.4 Å². The molecule has 126 valence electrons. The van der Waals surface area contributed by atoms with Crippen LogP contribution in [-0.4, -0.2) is 31.0 Å². The second kappa shape index (κ2) is 5.62. The zero-order chi connectivity index (χ0) is 17.5. The second-order valence-corrected chi connectivity index (χ2v) is 5.95. The summed E-state index contributed by atoms with van der Waals surface area (Å²) in [5, 5.41) is 7.99. The van der Waals surface area contributed by atoms with Gasteiger partial charge in [-0.3, -0.25) is 10.3 Å². The van der Waals surface area contributed by atoms with Gasteiger partial charge in [-0.25, -0.2) is 4.98 Å². The van der Waals surface area contributed by atoms with E-state index < -0.39 is 0 Å². The third kappa shape index (κ3) is 2.53. The van der Waals surface area contributed by atoms with Crippen LogP contribution in [-0.2, 0) is 0 Å². The lowest BCUT2D eigenvalue weighted by molar-refractivity contribution is -0.427. The molecule has 0 aliphatic carbocycles. The summed E-state index contributed by atoms with van der Waals surface area (Å²) in [6.07, 6.45) is 5.40. The lowest BCUT2D eigenvalue weighted by Gasteiger charge is -2.16. The highest BCUT2D eigenvalue weighted by atomic mass is 16.5. The van der Waals surface area contributed by atoms with E-state index in [2.05, 4.69) is 36.9 Å². The minimum atomic E-state index is 0.529. The maximum atomic E-state index is 5.15. The van der Waals surface area contributed by atoms with Crippen molar-refractivity contribution in [3.05, 3.63) is 60.0 Å². The molecular weight excluding hydrogens is 330 g/mol. The van der Waals surface area contributed by atoms with Gasteiger partial charge in [-0.2, -0.15) is 5.43 Å². The number of aryl methyl sites for hydroxylation is 1. The van der Waals surface area contributed by atoms with E-state index in [1.54, 1.807) is 18.5 Å². The van der Waals surface area contributed by atoms with Crippen molar-refractivity contribution >= 4 is 40.5 Å². The van der Waals surface area contributed by atoms with E-state index in [1.165, 1.54) is 0 Å². The van der Waals surface area contributed by atoms with Crippen LogP contribution < -0.4 is 10.7 Å². The monoisotopic (exact) mass is 344 g/mol. The topological polar surface area (TPSA) is 91.8 Å². The SMILES string of the molecule is Cc1cc(Nc2cnc3c(n2)[N+](=Cc2ccc4ncccc4c2)N3)on1. The first-order chi connectivity index (χ1) is 12.7. The van der Waals surface area contributed by atoms with Crippen LogP contribution in [0.5, 0.6) is 0 Å². The van der Waals surface area contributed by atoms with Gasteiger partial charge in [0.25, 0.3) is 11.6 Å². The highest BCUT2D eigenvalue weighted by Gasteiger charge is 2.32. The first-order valence-corrected chi connectivity index (χ1v) is 8.07. The largest absolute Gasteiger partial charge is 0.395 e. The summed E-state index contributed by atoms with van der Waals surface area (Å²) in [5.41, 5.74) is 5.94. The van der Waals surface area contributed by atoms with Gasteiger partial charge in [-0.1, -0.05) is 11.2 Å². The molecule has 5 rings (SSSR count). The molecule has 1 aliphatic rings. The fourth-order valence-corrected chi connectivity index (χ4v) is 2.77. The Bertz CT molecular complexity index is 1170. The maximum absolute atomic E-state index is 5.15. The smallest absolute Gasteiger partial charge is 0.338 e. The van der Waals surface area contributed by atoms with Gasteiger partial charge < -0.3 is 4.52 Å². The Labute approximate surface area is 148 Å². The standard InChI is InChI=1S/C18H14N7O/c1-11-7-16(26-24-11)21-15-9-20-17-18(22-15)25(23-17)10-12-4-5-14-13(8-12)3-2-6-19-14/h2-10H,1H3,(H,20,23)(H,21,22)/q+1. The Balaban J connectivity index is 1.44. The Morgan fingerprint density at radius 1 is 1.19 bits per heavy atom. The van der Waals surface area contributed by atoms with Crippen molar-refractivity contribution in [1.82, 2.24) is 20.1 Å². The van der Waals surface area contributed by atoms with Crippen molar-refractivity contribution in [1.29, 1.82) is 0 Å². The molecule has 0 saturated carbocycles. The predicted octanol–water partition coefficient (Wildman–Crippen LogP) is 3.17. The van der Waals surface area contributed by atoms with Gasteiger partial charge in [0.1, 0.15) is 6.21 Å². The number of benzene rings is 1. The molecule has 0 atom stereocenters. The van der Waals surface area contributed by atoms with Crippen molar-refractivity contribution < 1.29 is 9.21 Å². The average Bonchev–Trinajstić information content (AvgIpc) is 3.05. The molecule has 1 aromatic carbocycles. The molecule has 1 aliphatic heterocycles. The highest BCUT2D eigenvalue weighted by Crippen LogP contribution is 2.30. The van der Waals surface area contributed by atoms with Crippen LogP contribution in [0.15, 0.2) is 53.3 Å². The number of hydrogen-bond donors (Lipinski definition) is 2. The fourth-order valence-electron chi connectivity index (χ4n) is 2.77. The highest BCUT2D eigenvalue weighted by molar-refractivity contribution is 5.87. The zero-order valence-corrected chi connectivity index (χ0v) is 13.8. The minimum Gasteiger partial charge on any atom is -0.338 e. The van der Waals surface area contributed by atoms with Crippen molar-refractivity contribution in [2.75, 3.05) is 10.7 Å². The number of anilines is 3. The lowest BCUT2D eigenvalue weighted by Crippen LogP contribution is -2.28. The van der Waals surface area contributed by atoms with Crippen LogP contribution in [0.25, 0.3) is 10.9 Å². The second-order valence-electron chi connectivity index (χ2n) is 5.95. The van der Waals surface area contributed by atoms with Gasteiger partial charge in [0.15, 0.2) is 0 Å². The Hall–Kier alpha value is -3.81. The number of nitrogens with zero attached hydrogens (tertiary/aromatic N) is 5. The molecule has 2 N–H and O–H groups in total. The quantitative estimate of drug-likeness (QED) is 0.552. The van der Waals surface area contributed by atoms with E-state index in [1.807, 2.05) is 42.1 Å². The van der Waals surface area contributed by atoms with E-state index >= 15 is 0 Å². The van der Waals surface area contributed by atoms with E-state index in [0.29, 0.717) is 11.7 Å². The molecule has 0 saturated heterocycles. The molecule has 0 spiro atoms. The molecule has 4 aromatic rings. The zero-order valence-electron chi connectivity index (χ0n) is 13.8. The average molecular weight is 344 g/mol. The minimum absolute atomic E-state index is 0.529. The van der Waals surface area contributed by atoms with Crippen molar-refractivity contribution in [3.8, 4) is 0 Å². The van der Waals surface area contributed by atoms with E-state index in [-0.39, 0.29) is 0 Å². The first-order valence-electron chi connectivity index (χ1n) is 8.07. The van der Waals surface area contributed by atoms with Crippen LogP contribution >= 0.6 is 0 Å². The summed E-state index contributed by atoms with van der Waals surface area (Å²) in [6, 6.07) is 11.9. The summed E-state index contributed by atoms with van der Waals surface area (Å²) >= 11 is 0. The molecule has 8 nitrogen and oxygen atoms in total. The van der Waals surface area contributed by atoms with Gasteiger partial charge in [0, 0.05) is 23.2 Å². The third-order valence-corrected chi connectivity index (χ3v) is 3.99. The van der Waals surface area contributed by atoms with E-state index in [4.69, 9.17) is 4.52 Å². The number of hydrogen-bond acceptors (Lipinski definition) is 7. The molecule has 0 unspecified atom stereocenters. The normalized spacial score (nSPS) is 14.0. The fraction of sp³-hybridized carbons (Fsp3) is 0.0556. The van der Waals surface area contributed by atoms with E-state index in [0.717, 1.165) is 33.8 Å². The Morgan fingerprint density at radius 2 is 2.15 bits per heavy atom. The number of rotatable bonds is 3. The third-order valence-electron chi connectivity index (χ3n) is 3.99. The summed E-state index contributed by atoms with van der Waals surface area (Å²) in [4.78, 5) is 13.2. The molecule has 0 fully saturated rings. The molecular formula is C18H14N7O+. The van der Waals surface area contributed by atoms with Crippen LogP contribution in [0.3, 0.4) is 0 Å². The molecule has 3 aromatic heterocycles. The molecule has 8 heteroatoms. The Kier molecular flexibility index (Phi) is 3.14. The summed E-state index contributed by atoms with van der Waals surface area (Å²) < 4.78 is 6.98. The number of aromatic nitrogens is 4. The van der Waals surface area contributed by atoms with Gasteiger partial charge in [-0.05, 0) is 36.2 Å². The lowest BCUT2D eigenvalue weighted by atomic mass is 10.1. The van der Waals surface area contributed by atoms with Crippen LogP contribution in [0.4, 0.5) is 23.3 Å². The van der Waals surface area contributed by atoms with Gasteiger partial charge in [-0.15, -0.1) is 4.68 Å². The molecule has 4 heterocycles. The summed E-state index contributed by atoms with van der Waals surface area (Å²) in [5.74, 6) is 2.57. The van der Waals surface area contributed by atoms with Crippen LogP contribution in [0, 0.1) is 6.92 Å². The summed E-state index contributed by atoms with van der Waals surface area (Å²) in [7, 11) is 0. The number of hydrazine groups is 1. The molecule has 0 bridgehead atoms. The predicted molar refractivity (Wildman–Crippen MR) is 97.0 cm³/mol. The molecule has 0 radical (unpaired) electrons. The van der Waals surface area contributed by atoms with Crippen molar-refractivity contribution in [2.24, 2.45) is 0 Å². The molecule has 0 amide bonds. The van der Waals surface area contributed by atoms with Crippen molar-refractivity contribution in [2.45, 2.75) is 6.92 Å². The number of fused-ring (bicyclic) bond motifs is 2. The Morgan fingerprint density at radius 3 is 3.04 bits per heavy atom. The van der Waals surface area contributed by atoms with Gasteiger partial charge in [0.2, 0.25) is 5.88 Å². The van der Waals surface area contributed by atoms with E-state index in [9.17, 15) is 0 Å². The van der Waals surface area contributed by atoms with Crippen LogP contribution in [0.2, 0.25) is 0 Å². The maximum Gasteiger partial charge on any atom is 0.395 e. The molecule has 26 heavy (non-hydrogen) atoms.